The summed E-state index contributed by atoms with van der Waals surface area (Å²) < 4.78 is 43.6. The molecule has 4 heterocycles. The molecule has 4 aliphatic heterocycles. The number of fused-ring (bicyclic) bond motifs is 7. The number of ether oxygens (including phenoxy) is 7. The third-order valence-electron chi connectivity index (χ3n) is 9.96. The topological polar surface area (TPSA) is 183 Å². The summed E-state index contributed by atoms with van der Waals surface area (Å²) in [7, 11) is 3.07. The monoisotopic (exact) mass is 644 g/mol. The summed E-state index contributed by atoms with van der Waals surface area (Å²) in [5.41, 5.74) is 11.2. The zero-order valence-electron chi connectivity index (χ0n) is 26.0. The third kappa shape index (κ3) is 4.22. The molecule has 3 aromatic carbocycles. The lowest BCUT2D eigenvalue weighted by atomic mass is 9.78. The van der Waals surface area contributed by atoms with Crippen LogP contribution in [0.1, 0.15) is 58.0 Å². The lowest BCUT2D eigenvalue weighted by Gasteiger charge is -2.49. The van der Waals surface area contributed by atoms with Crippen LogP contribution in [0.3, 0.4) is 0 Å². The van der Waals surface area contributed by atoms with Gasteiger partial charge in [-0.1, -0.05) is 29.4 Å². The standard InChI is InChI=1S/C33H32N4O10/c1-16-11-20-24(25(39)23-19(26(20)41-2)5-4-6-21(23)38)27-22(16)28-29-33(42-3,46-27)31(15-44-31)13-32(45-28,47-29)14-35-30(40)43-12-17-7-9-18(10-8-17)36-37-34/h7-11,28-29,39H,4-6,12-15H2,1-3H3,(H,35,40)/t28?,29?,31-,32?,33+/m0/s1. The van der Waals surface area contributed by atoms with Gasteiger partial charge in [0.1, 0.15) is 30.0 Å². The number of epoxide rings is 1. The zero-order valence-corrected chi connectivity index (χ0v) is 26.0. The molecule has 3 aromatic rings. The van der Waals surface area contributed by atoms with Crippen LogP contribution in [-0.2, 0) is 36.7 Å². The number of carbonyl (C=O) groups excluding carboxylic acids is 2. The van der Waals surface area contributed by atoms with E-state index in [1.807, 2.05) is 13.0 Å². The number of amides is 1. The minimum absolute atomic E-state index is 0.00513. The number of Topliss-reactive ketones (excluding diaryl/α,β-unsaturated/α-hetero) is 1. The van der Waals surface area contributed by atoms with Crippen molar-refractivity contribution >= 4 is 28.3 Å². The number of rotatable bonds is 7. The molecular weight excluding hydrogens is 612 g/mol. The van der Waals surface area contributed by atoms with Crippen molar-refractivity contribution in [1.29, 1.82) is 0 Å². The second kappa shape index (κ2) is 10.5. The molecule has 1 aliphatic carbocycles. The Morgan fingerprint density at radius 3 is 2.70 bits per heavy atom. The van der Waals surface area contributed by atoms with Gasteiger partial charge in [0.15, 0.2) is 23.3 Å². The number of methoxy groups -OCH3 is 2. The average molecular weight is 645 g/mol. The maximum absolute atomic E-state index is 13.1. The molecule has 0 aromatic heterocycles. The van der Waals surface area contributed by atoms with E-state index in [9.17, 15) is 14.7 Å². The summed E-state index contributed by atoms with van der Waals surface area (Å²) in [4.78, 5) is 28.7. The molecular formula is C33H32N4O10. The fourth-order valence-corrected chi connectivity index (χ4v) is 7.85. The molecule has 47 heavy (non-hydrogen) atoms. The Labute approximate surface area is 268 Å². The number of nitrogens with zero attached hydrogens (tertiary/aromatic N) is 3. The van der Waals surface area contributed by atoms with Gasteiger partial charge < -0.3 is 43.6 Å². The van der Waals surface area contributed by atoms with Crippen LogP contribution in [0.2, 0.25) is 0 Å². The highest BCUT2D eigenvalue weighted by Gasteiger charge is 2.81. The highest BCUT2D eigenvalue weighted by Crippen LogP contribution is 2.66. The van der Waals surface area contributed by atoms with Crippen molar-refractivity contribution in [3.8, 4) is 17.2 Å². The molecule has 1 spiro atoms. The number of aryl methyl sites for hydroxylation is 1. The summed E-state index contributed by atoms with van der Waals surface area (Å²) in [6.07, 6.45) is -0.417. The van der Waals surface area contributed by atoms with E-state index in [2.05, 4.69) is 15.3 Å². The Morgan fingerprint density at radius 2 is 2.00 bits per heavy atom. The normalized spacial score (nSPS) is 29.4. The van der Waals surface area contributed by atoms with Crippen LogP contribution in [0.4, 0.5) is 10.5 Å². The predicted molar refractivity (Wildman–Crippen MR) is 163 cm³/mol. The molecule has 5 aliphatic rings. The van der Waals surface area contributed by atoms with E-state index in [4.69, 9.17) is 38.7 Å². The van der Waals surface area contributed by atoms with E-state index in [0.717, 1.165) is 5.56 Å². The van der Waals surface area contributed by atoms with Gasteiger partial charge in [0.05, 0.1) is 31.2 Å². The Balaban J connectivity index is 1.14. The molecule has 3 unspecified atom stereocenters. The molecule has 5 atom stereocenters. The average Bonchev–Trinajstić information content (AvgIpc) is 3.74. The largest absolute Gasteiger partial charge is 0.506 e. The Bertz CT molecular complexity index is 1900. The number of ketones is 1. The number of phenols is 1. The van der Waals surface area contributed by atoms with Crippen LogP contribution in [0.15, 0.2) is 35.4 Å². The van der Waals surface area contributed by atoms with Crippen molar-refractivity contribution in [2.45, 2.75) is 68.6 Å². The second-order valence-corrected chi connectivity index (χ2v) is 12.6. The summed E-state index contributed by atoms with van der Waals surface area (Å²) >= 11 is 0. The molecule has 2 N–H and O–H groups in total. The highest BCUT2D eigenvalue weighted by atomic mass is 16.8. The number of nitrogens with one attached hydrogen (secondary N) is 1. The first-order chi connectivity index (χ1) is 22.7. The first-order valence-electron chi connectivity index (χ1n) is 15.4. The van der Waals surface area contributed by atoms with E-state index in [1.165, 1.54) is 7.11 Å². The zero-order chi connectivity index (χ0) is 32.7. The maximum Gasteiger partial charge on any atom is 0.407 e. The summed E-state index contributed by atoms with van der Waals surface area (Å²) in [6, 6.07) is 8.57. The van der Waals surface area contributed by atoms with Crippen molar-refractivity contribution in [3.05, 3.63) is 68.6 Å². The third-order valence-corrected chi connectivity index (χ3v) is 9.96. The fourth-order valence-electron chi connectivity index (χ4n) is 7.85. The van der Waals surface area contributed by atoms with E-state index in [-0.39, 0.29) is 43.3 Å². The van der Waals surface area contributed by atoms with Crippen LogP contribution in [0.25, 0.3) is 21.2 Å². The molecule has 3 fully saturated rings. The number of hydrogen-bond acceptors (Lipinski definition) is 11. The van der Waals surface area contributed by atoms with Gasteiger partial charge in [0.25, 0.3) is 5.79 Å². The van der Waals surface area contributed by atoms with E-state index >= 15 is 0 Å². The molecule has 0 saturated carbocycles. The van der Waals surface area contributed by atoms with Gasteiger partial charge in [0.2, 0.25) is 0 Å². The second-order valence-electron chi connectivity index (χ2n) is 12.6. The van der Waals surface area contributed by atoms with Crippen molar-refractivity contribution < 1.29 is 47.9 Å². The smallest absolute Gasteiger partial charge is 0.407 e. The van der Waals surface area contributed by atoms with Crippen molar-refractivity contribution in [1.82, 2.24) is 5.32 Å². The Kier molecular flexibility index (Phi) is 6.63. The summed E-state index contributed by atoms with van der Waals surface area (Å²) in [5, 5.41) is 19.0. The Hall–Kier alpha value is -4.59. The highest BCUT2D eigenvalue weighted by molar-refractivity contribution is 6.11. The minimum Gasteiger partial charge on any atom is -0.506 e. The molecule has 244 valence electrons. The molecule has 2 bridgehead atoms. The summed E-state index contributed by atoms with van der Waals surface area (Å²) in [6.45, 7) is 2.15. The molecule has 14 heteroatoms. The number of carbonyl (C=O) groups is 2. The predicted octanol–water partition coefficient (Wildman–Crippen LogP) is 5.31. The van der Waals surface area contributed by atoms with Crippen molar-refractivity contribution in [2.24, 2.45) is 5.11 Å². The van der Waals surface area contributed by atoms with Gasteiger partial charge in [-0.05, 0) is 42.5 Å². The molecule has 3 saturated heterocycles. The number of azide groups is 1. The van der Waals surface area contributed by atoms with Gasteiger partial charge in [-0.25, -0.2) is 4.79 Å². The number of aromatic hydroxyl groups is 1. The van der Waals surface area contributed by atoms with Crippen LogP contribution >= 0.6 is 0 Å². The van der Waals surface area contributed by atoms with Crippen LogP contribution < -0.4 is 14.8 Å². The first kappa shape index (κ1) is 29.8. The lowest BCUT2D eigenvalue weighted by Crippen LogP contribution is -2.68. The van der Waals surface area contributed by atoms with Gasteiger partial charge in [0, 0.05) is 47.1 Å². The Morgan fingerprint density at radius 1 is 1.21 bits per heavy atom. The van der Waals surface area contributed by atoms with Crippen LogP contribution in [0, 0.1) is 6.92 Å². The summed E-state index contributed by atoms with van der Waals surface area (Å²) in [5.74, 6) is -2.23. The number of phenolic OH excluding ortho intramolecular Hbond substituents is 1. The number of alkyl carbamates (subject to hydrolysis) is 1. The molecule has 1 amide bonds. The van der Waals surface area contributed by atoms with E-state index < -0.39 is 35.5 Å². The first-order valence-corrected chi connectivity index (χ1v) is 15.4. The molecule has 8 rings (SSSR count). The number of hydrogen-bond donors (Lipinski definition) is 2. The maximum atomic E-state index is 13.1. The van der Waals surface area contributed by atoms with Gasteiger partial charge in [-0.2, -0.15) is 0 Å². The minimum atomic E-state index is -1.45. The quantitative estimate of drug-likeness (QED) is 0.148. The van der Waals surface area contributed by atoms with Crippen molar-refractivity contribution in [3.63, 3.8) is 0 Å². The molecule has 0 radical (unpaired) electrons. The SMILES string of the molecule is COc1c2c(c(O)c3c4c(c(C)cc13)C1OC3(CNC(=O)OCc5ccc(N=[N+]=[N-])cc5)C[C@]5(CO5)[C@](OC)(O4)C1O3)C(=O)CCC2. The van der Waals surface area contributed by atoms with E-state index in [0.29, 0.717) is 63.9 Å². The van der Waals surface area contributed by atoms with Gasteiger partial charge in [-0.3, -0.25) is 4.79 Å². The van der Waals surface area contributed by atoms with Gasteiger partial charge >= 0.3 is 6.09 Å². The molecule has 14 nitrogen and oxygen atoms in total. The fraction of sp³-hybridized carbons (Fsp3) is 0.455. The van der Waals surface area contributed by atoms with Gasteiger partial charge in [-0.15, -0.1) is 0 Å². The van der Waals surface area contributed by atoms with Crippen molar-refractivity contribution in [2.75, 3.05) is 27.4 Å². The number of benzene rings is 3. The van der Waals surface area contributed by atoms with E-state index in [1.54, 1.807) is 31.4 Å². The lowest BCUT2D eigenvalue weighted by molar-refractivity contribution is -0.323. The van der Waals surface area contributed by atoms with Crippen LogP contribution in [0.5, 0.6) is 17.2 Å². The van der Waals surface area contributed by atoms with Crippen LogP contribution in [-0.4, -0.2) is 67.6 Å².